The van der Waals surface area contributed by atoms with E-state index in [-0.39, 0.29) is 0 Å². The Balaban J connectivity index is 2.25. The molecule has 0 aliphatic rings. The summed E-state index contributed by atoms with van der Waals surface area (Å²) in [5, 5.41) is 4.69. The number of hydrogen-bond acceptors (Lipinski definition) is 2. The number of rotatable bonds is 5. The lowest BCUT2D eigenvalue weighted by Crippen LogP contribution is -2.05. The first-order valence-corrected chi connectivity index (χ1v) is 7.31. The highest BCUT2D eigenvalue weighted by Gasteiger charge is 2.11. The van der Waals surface area contributed by atoms with Crippen LogP contribution < -0.4 is 5.73 Å². The highest BCUT2D eigenvalue weighted by Crippen LogP contribution is 2.17. The fraction of sp³-hybridized carbons (Fsp3) is 0.471. The molecule has 108 valence electrons. The molecule has 2 N–H and O–H groups in total. The van der Waals surface area contributed by atoms with Gasteiger partial charge in [-0.25, -0.2) is 0 Å². The van der Waals surface area contributed by atoms with Crippen LogP contribution in [0.15, 0.2) is 18.2 Å². The Morgan fingerprint density at radius 2 is 1.70 bits per heavy atom. The number of nitrogens with zero attached hydrogens (tertiary/aromatic N) is 2. The smallest absolute Gasteiger partial charge is 0.0662 e. The summed E-state index contributed by atoms with van der Waals surface area (Å²) in [6.45, 7) is 10.1. The summed E-state index contributed by atoms with van der Waals surface area (Å²) in [5.74, 6) is 0. The lowest BCUT2D eigenvalue weighted by molar-refractivity contribution is 0.657. The number of aromatic nitrogens is 2. The predicted octanol–water partition coefficient (Wildman–Crippen LogP) is 3.06. The molecule has 1 aromatic heterocycles. The summed E-state index contributed by atoms with van der Waals surface area (Å²) < 4.78 is 2.12. The summed E-state index contributed by atoms with van der Waals surface area (Å²) in [6.07, 6.45) is 2.05. The second-order valence-electron chi connectivity index (χ2n) is 5.70. The quantitative estimate of drug-likeness (QED) is 0.908. The van der Waals surface area contributed by atoms with E-state index in [0.717, 1.165) is 31.6 Å². The van der Waals surface area contributed by atoms with Crippen molar-refractivity contribution in [3.8, 4) is 0 Å². The highest BCUT2D eigenvalue weighted by molar-refractivity contribution is 5.30. The first-order valence-electron chi connectivity index (χ1n) is 7.31. The molecular weight excluding hydrogens is 246 g/mol. The second kappa shape index (κ2) is 6.23. The zero-order valence-corrected chi connectivity index (χ0v) is 13.0. The molecule has 0 fully saturated rings. The molecule has 0 saturated carbocycles. The fourth-order valence-electron chi connectivity index (χ4n) is 2.86. The molecule has 0 amide bonds. The molecule has 2 rings (SSSR count). The molecule has 0 bridgehead atoms. The Hall–Kier alpha value is -1.61. The Labute approximate surface area is 121 Å². The van der Waals surface area contributed by atoms with Gasteiger partial charge in [-0.05, 0) is 58.2 Å². The SMILES string of the molecule is Cc1cc(C)cc(Cn2nc(C)c(CCCN)c2C)c1. The van der Waals surface area contributed by atoms with Crippen molar-refractivity contribution in [2.24, 2.45) is 5.73 Å². The van der Waals surface area contributed by atoms with E-state index in [1.54, 1.807) is 0 Å². The van der Waals surface area contributed by atoms with Crippen LogP contribution in [0.25, 0.3) is 0 Å². The zero-order chi connectivity index (χ0) is 14.7. The molecule has 0 aliphatic heterocycles. The van der Waals surface area contributed by atoms with Gasteiger partial charge in [0.15, 0.2) is 0 Å². The van der Waals surface area contributed by atoms with Gasteiger partial charge in [-0.15, -0.1) is 0 Å². The number of benzene rings is 1. The van der Waals surface area contributed by atoms with Crippen molar-refractivity contribution in [2.75, 3.05) is 6.54 Å². The first kappa shape index (κ1) is 14.8. The van der Waals surface area contributed by atoms with Crippen LogP contribution in [0.4, 0.5) is 0 Å². The molecule has 0 unspecified atom stereocenters. The van der Waals surface area contributed by atoms with E-state index in [0.29, 0.717) is 0 Å². The molecule has 3 heteroatoms. The molecule has 0 radical (unpaired) electrons. The van der Waals surface area contributed by atoms with Gasteiger partial charge >= 0.3 is 0 Å². The van der Waals surface area contributed by atoms with E-state index < -0.39 is 0 Å². The van der Waals surface area contributed by atoms with Crippen LogP contribution in [0.2, 0.25) is 0 Å². The van der Waals surface area contributed by atoms with Gasteiger partial charge in [-0.1, -0.05) is 29.3 Å². The van der Waals surface area contributed by atoms with Gasteiger partial charge < -0.3 is 5.73 Å². The van der Waals surface area contributed by atoms with Crippen LogP contribution in [0, 0.1) is 27.7 Å². The van der Waals surface area contributed by atoms with Gasteiger partial charge in [0.25, 0.3) is 0 Å². The van der Waals surface area contributed by atoms with E-state index >= 15 is 0 Å². The van der Waals surface area contributed by atoms with E-state index in [9.17, 15) is 0 Å². The van der Waals surface area contributed by atoms with Crippen LogP contribution in [0.1, 0.15) is 40.1 Å². The molecule has 2 aromatic rings. The van der Waals surface area contributed by atoms with Crippen molar-refractivity contribution in [2.45, 2.75) is 47.1 Å². The molecule has 3 nitrogen and oxygen atoms in total. The van der Waals surface area contributed by atoms with Gasteiger partial charge in [0.1, 0.15) is 0 Å². The Morgan fingerprint density at radius 3 is 2.30 bits per heavy atom. The fourth-order valence-corrected chi connectivity index (χ4v) is 2.86. The standard InChI is InChI=1S/C17H25N3/c1-12-8-13(2)10-16(9-12)11-20-15(4)17(6-5-7-18)14(3)19-20/h8-10H,5-7,11,18H2,1-4H3. The van der Waals surface area contributed by atoms with Crippen molar-refractivity contribution in [3.05, 3.63) is 51.8 Å². The van der Waals surface area contributed by atoms with Crippen LogP contribution in [-0.2, 0) is 13.0 Å². The van der Waals surface area contributed by atoms with Crippen molar-refractivity contribution in [1.29, 1.82) is 0 Å². The van der Waals surface area contributed by atoms with Gasteiger partial charge in [0.2, 0.25) is 0 Å². The maximum atomic E-state index is 5.61. The molecule has 20 heavy (non-hydrogen) atoms. The third-order valence-electron chi connectivity index (χ3n) is 3.78. The Morgan fingerprint density at radius 1 is 1.05 bits per heavy atom. The van der Waals surface area contributed by atoms with E-state index in [1.807, 2.05) is 0 Å². The van der Waals surface area contributed by atoms with E-state index in [1.165, 1.54) is 27.9 Å². The predicted molar refractivity (Wildman–Crippen MR) is 84.1 cm³/mol. The molecule has 1 aromatic carbocycles. The third kappa shape index (κ3) is 3.28. The largest absolute Gasteiger partial charge is 0.330 e. The monoisotopic (exact) mass is 271 g/mol. The number of hydrogen-bond donors (Lipinski definition) is 1. The number of aryl methyl sites for hydroxylation is 3. The molecular formula is C17H25N3. The second-order valence-corrected chi connectivity index (χ2v) is 5.70. The minimum atomic E-state index is 0.737. The van der Waals surface area contributed by atoms with Crippen LogP contribution in [0.3, 0.4) is 0 Å². The minimum Gasteiger partial charge on any atom is -0.330 e. The van der Waals surface area contributed by atoms with Gasteiger partial charge in [-0.2, -0.15) is 5.10 Å². The molecule has 0 spiro atoms. The first-order chi connectivity index (χ1) is 9.51. The van der Waals surface area contributed by atoms with E-state index in [2.05, 4.69) is 50.6 Å². The number of nitrogens with two attached hydrogens (primary N) is 1. The summed E-state index contributed by atoms with van der Waals surface area (Å²) in [5.41, 5.74) is 13.3. The van der Waals surface area contributed by atoms with Crippen LogP contribution >= 0.6 is 0 Å². The Bertz CT molecular complexity index is 576. The Kier molecular flexibility index (Phi) is 4.61. The van der Waals surface area contributed by atoms with E-state index in [4.69, 9.17) is 10.8 Å². The summed E-state index contributed by atoms with van der Waals surface area (Å²) in [4.78, 5) is 0. The van der Waals surface area contributed by atoms with Gasteiger partial charge in [0, 0.05) is 5.69 Å². The summed E-state index contributed by atoms with van der Waals surface area (Å²) in [7, 11) is 0. The maximum Gasteiger partial charge on any atom is 0.0662 e. The molecule has 0 saturated heterocycles. The normalized spacial score (nSPS) is 11.1. The van der Waals surface area contributed by atoms with Gasteiger partial charge in [-0.3, -0.25) is 4.68 Å². The van der Waals surface area contributed by atoms with Crippen molar-refractivity contribution < 1.29 is 0 Å². The maximum absolute atomic E-state index is 5.61. The molecule has 0 atom stereocenters. The van der Waals surface area contributed by atoms with Crippen molar-refractivity contribution in [3.63, 3.8) is 0 Å². The third-order valence-corrected chi connectivity index (χ3v) is 3.78. The highest BCUT2D eigenvalue weighted by atomic mass is 15.3. The van der Waals surface area contributed by atoms with Crippen molar-refractivity contribution in [1.82, 2.24) is 9.78 Å². The lowest BCUT2D eigenvalue weighted by Gasteiger charge is -2.08. The van der Waals surface area contributed by atoms with Crippen LogP contribution in [0.5, 0.6) is 0 Å². The topological polar surface area (TPSA) is 43.8 Å². The summed E-state index contributed by atoms with van der Waals surface area (Å²) in [6, 6.07) is 6.68. The average molecular weight is 271 g/mol. The minimum absolute atomic E-state index is 0.737. The average Bonchev–Trinajstić information content (AvgIpc) is 2.61. The lowest BCUT2D eigenvalue weighted by atomic mass is 10.1. The zero-order valence-electron chi connectivity index (χ0n) is 13.0. The molecule has 0 aliphatic carbocycles. The van der Waals surface area contributed by atoms with Crippen molar-refractivity contribution >= 4 is 0 Å². The molecule has 1 heterocycles. The summed E-state index contributed by atoms with van der Waals surface area (Å²) >= 11 is 0. The van der Waals surface area contributed by atoms with Crippen LogP contribution in [-0.4, -0.2) is 16.3 Å². The van der Waals surface area contributed by atoms with Gasteiger partial charge in [0.05, 0.1) is 12.2 Å².